The van der Waals surface area contributed by atoms with E-state index in [1.807, 2.05) is 32.0 Å². The van der Waals surface area contributed by atoms with Crippen molar-refractivity contribution in [1.82, 2.24) is 5.32 Å². The van der Waals surface area contributed by atoms with Gasteiger partial charge in [-0.15, -0.1) is 0 Å². The molecule has 1 unspecified atom stereocenters. The predicted molar refractivity (Wildman–Crippen MR) is 107 cm³/mol. The quantitative estimate of drug-likeness (QED) is 0.766. The summed E-state index contributed by atoms with van der Waals surface area (Å²) < 4.78 is 5.82. The molecule has 1 aliphatic heterocycles. The number of carbonyl (C=O) groups excluding carboxylic acids is 2. The zero-order valence-electron chi connectivity index (χ0n) is 16.6. The molecular formula is C22H32N2O3. The Balaban J connectivity index is 1.59. The molecule has 1 aromatic carbocycles. The van der Waals surface area contributed by atoms with Crippen LogP contribution in [0.5, 0.6) is 5.75 Å². The molecule has 27 heavy (non-hydrogen) atoms. The predicted octanol–water partition coefficient (Wildman–Crippen LogP) is 4.06. The summed E-state index contributed by atoms with van der Waals surface area (Å²) in [5.41, 5.74) is 1.76. The van der Waals surface area contributed by atoms with Crippen LogP contribution in [0.25, 0.3) is 0 Å². The van der Waals surface area contributed by atoms with Gasteiger partial charge in [0, 0.05) is 18.2 Å². The van der Waals surface area contributed by atoms with E-state index in [0.717, 1.165) is 29.8 Å². The highest BCUT2D eigenvalue weighted by molar-refractivity contribution is 5.91. The van der Waals surface area contributed by atoms with Gasteiger partial charge in [0.1, 0.15) is 12.4 Å². The molecule has 1 heterocycles. The van der Waals surface area contributed by atoms with Crippen molar-refractivity contribution in [2.75, 3.05) is 11.9 Å². The summed E-state index contributed by atoms with van der Waals surface area (Å²) in [5.74, 6) is 1.09. The van der Waals surface area contributed by atoms with Gasteiger partial charge in [-0.05, 0) is 48.9 Å². The molecule has 0 saturated heterocycles. The molecule has 3 rings (SSSR count). The van der Waals surface area contributed by atoms with Crippen LogP contribution in [0.2, 0.25) is 0 Å². The lowest BCUT2D eigenvalue weighted by molar-refractivity contribution is -0.127. The zero-order chi connectivity index (χ0) is 19.2. The van der Waals surface area contributed by atoms with Crippen molar-refractivity contribution in [2.24, 2.45) is 11.8 Å². The average Bonchev–Trinajstić information content (AvgIpc) is 2.89. The molecule has 148 valence electrons. The maximum Gasteiger partial charge on any atom is 0.227 e. The first-order valence-corrected chi connectivity index (χ1v) is 10.4. The molecule has 1 aromatic rings. The van der Waals surface area contributed by atoms with Gasteiger partial charge in [-0.3, -0.25) is 9.59 Å². The lowest BCUT2D eigenvalue weighted by Crippen LogP contribution is -2.42. The minimum Gasteiger partial charge on any atom is -0.492 e. The van der Waals surface area contributed by atoms with E-state index in [9.17, 15) is 9.59 Å². The third-order valence-corrected chi connectivity index (χ3v) is 5.42. The van der Waals surface area contributed by atoms with Crippen molar-refractivity contribution in [3.8, 4) is 5.75 Å². The summed E-state index contributed by atoms with van der Waals surface area (Å²) >= 11 is 0. The highest BCUT2D eigenvalue weighted by atomic mass is 16.5. The fraction of sp³-hybridized carbons (Fsp3) is 0.636. The Hall–Kier alpha value is -2.04. The number of hydrogen-bond donors (Lipinski definition) is 2. The number of carbonyl (C=O) groups is 2. The number of benzene rings is 1. The smallest absolute Gasteiger partial charge is 0.227 e. The van der Waals surface area contributed by atoms with Crippen molar-refractivity contribution in [1.29, 1.82) is 0 Å². The number of amides is 2. The zero-order valence-corrected chi connectivity index (χ0v) is 16.6. The Morgan fingerprint density at radius 1 is 1.15 bits per heavy atom. The molecule has 0 radical (unpaired) electrons. The van der Waals surface area contributed by atoms with Crippen LogP contribution >= 0.6 is 0 Å². The molecular weight excluding hydrogens is 340 g/mol. The summed E-state index contributed by atoms with van der Waals surface area (Å²) in [6.07, 6.45) is 8.28. The van der Waals surface area contributed by atoms with Crippen LogP contribution in [0.15, 0.2) is 18.2 Å². The molecule has 1 fully saturated rings. The SMILES string of the molecule is CC(C)CC(=O)Nc1ccc2c(c1)CC(C(=O)NC1CCCCCC1)CO2. The van der Waals surface area contributed by atoms with Crippen LogP contribution in [0.3, 0.4) is 0 Å². The van der Waals surface area contributed by atoms with Crippen LogP contribution in [-0.4, -0.2) is 24.5 Å². The molecule has 2 aliphatic rings. The molecule has 1 saturated carbocycles. The van der Waals surface area contributed by atoms with Gasteiger partial charge >= 0.3 is 0 Å². The first-order valence-electron chi connectivity index (χ1n) is 10.4. The van der Waals surface area contributed by atoms with Gasteiger partial charge in [-0.25, -0.2) is 0 Å². The Kier molecular flexibility index (Phi) is 6.75. The molecule has 0 bridgehead atoms. The maximum atomic E-state index is 12.7. The van der Waals surface area contributed by atoms with Crippen LogP contribution < -0.4 is 15.4 Å². The molecule has 2 N–H and O–H groups in total. The number of anilines is 1. The average molecular weight is 373 g/mol. The van der Waals surface area contributed by atoms with Crippen molar-refractivity contribution in [2.45, 2.75) is 71.3 Å². The Morgan fingerprint density at radius 3 is 2.59 bits per heavy atom. The van der Waals surface area contributed by atoms with E-state index in [-0.39, 0.29) is 17.7 Å². The van der Waals surface area contributed by atoms with Crippen LogP contribution in [0, 0.1) is 11.8 Å². The molecule has 2 amide bonds. The fourth-order valence-electron chi connectivity index (χ4n) is 3.97. The van der Waals surface area contributed by atoms with Gasteiger partial charge in [0.2, 0.25) is 11.8 Å². The van der Waals surface area contributed by atoms with Crippen LogP contribution in [0.1, 0.15) is 64.4 Å². The molecule has 5 heteroatoms. The molecule has 1 aliphatic carbocycles. The van der Waals surface area contributed by atoms with E-state index in [1.54, 1.807) is 0 Å². The monoisotopic (exact) mass is 372 g/mol. The summed E-state index contributed by atoms with van der Waals surface area (Å²) in [4.78, 5) is 24.7. The van der Waals surface area contributed by atoms with Crippen LogP contribution in [-0.2, 0) is 16.0 Å². The Bertz CT molecular complexity index is 664. The second-order valence-electron chi connectivity index (χ2n) is 8.38. The molecule has 0 aromatic heterocycles. The molecule has 1 atom stereocenters. The summed E-state index contributed by atoms with van der Waals surface area (Å²) in [6, 6.07) is 6.00. The van der Waals surface area contributed by atoms with Gasteiger partial charge in [0.05, 0.1) is 5.92 Å². The van der Waals surface area contributed by atoms with E-state index in [2.05, 4.69) is 10.6 Å². The van der Waals surface area contributed by atoms with Crippen LogP contribution in [0.4, 0.5) is 5.69 Å². The number of hydrogen-bond acceptors (Lipinski definition) is 3. The van der Waals surface area contributed by atoms with Gasteiger partial charge in [-0.2, -0.15) is 0 Å². The summed E-state index contributed by atoms with van der Waals surface area (Å²) in [7, 11) is 0. The Morgan fingerprint density at radius 2 is 1.89 bits per heavy atom. The number of ether oxygens (including phenoxy) is 1. The first kappa shape index (κ1) is 19.7. The highest BCUT2D eigenvalue weighted by Gasteiger charge is 2.28. The van der Waals surface area contributed by atoms with Gasteiger partial charge < -0.3 is 15.4 Å². The van der Waals surface area contributed by atoms with E-state index >= 15 is 0 Å². The van der Waals surface area contributed by atoms with Crippen molar-refractivity contribution in [3.05, 3.63) is 23.8 Å². The number of fused-ring (bicyclic) bond motifs is 1. The fourth-order valence-corrected chi connectivity index (χ4v) is 3.97. The topological polar surface area (TPSA) is 67.4 Å². The molecule has 0 spiro atoms. The second-order valence-corrected chi connectivity index (χ2v) is 8.38. The maximum absolute atomic E-state index is 12.7. The first-order chi connectivity index (χ1) is 13.0. The van der Waals surface area contributed by atoms with E-state index < -0.39 is 0 Å². The van der Waals surface area contributed by atoms with Gasteiger partial charge in [-0.1, -0.05) is 39.5 Å². The third kappa shape index (κ3) is 5.72. The number of rotatable bonds is 5. The minimum absolute atomic E-state index is 0.0179. The van der Waals surface area contributed by atoms with Gasteiger partial charge in [0.25, 0.3) is 0 Å². The van der Waals surface area contributed by atoms with E-state index in [1.165, 1.54) is 25.7 Å². The lowest BCUT2D eigenvalue weighted by Gasteiger charge is -2.27. The van der Waals surface area contributed by atoms with Crippen molar-refractivity contribution < 1.29 is 14.3 Å². The minimum atomic E-state index is -0.164. The lowest BCUT2D eigenvalue weighted by atomic mass is 9.95. The highest BCUT2D eigenvalue weighted by Crippen LogP contribution is 2.30. The summed E-state index contributed by atoms with van der Waals surface area (Å²) in [5, 5.41) is 6.18. The normalized spacial score (nSPS) is 20.3. The summed E-state index contributed by atoms with van der Waals surface area (Å²) in [6.45, 7) is 4.47. The Labute approximate surface area is 162 Å². The van der Waals surface area contributed by atoms with E-state index in [4.69, 9.17) is 4.74 Å². The van der Waals surface area contributed by atoms with Crippen molar-refractivity contribution >= 4 is 17.5 Å². The molecule has 5 nitrogen and oxygen atoms in total. The standard InChI is InChI=1S/C22H32N2O3/c1-15(2)11-21(25)23-19-9-10-20-16(13-19)12-17(14-27-20)22(26)24-18-7-5-3-4-6-8-18/h9-10,13,15,17-18H,3-8,11-12,14H2,1-2H3,(H,23,25)(H,24,26). The third-order valence-electron chi connectivity index (χ3n) is 5.42. The van der Waals surface area contributed by atoms with E-state index in [0.29, 0.717) is 31.4 Å². The largest absolute Gasteiger partial charge is 0.492 e. The number of nitrogens with one attached hydrogen (secondary N) is 2. The van der Waals surface area contributed by atoms with Crippen molar-refractivity contribution in [3.63, 3.8) is 0 Å². The van der Waals surface area contributed by atoms with Gasteiger partial charge in [0.15, 0.2) is 0 Å². The second kappa shape index (κ2) is 9.25.